The maximum absolute atomic E-state index is 13.4. The average molecular weight is 414 g/mol. The van der Waals surface area contributed by atoms with E-state index in [4.69, 9.17) is 4.74 Å². The zero-order valence-corrected chi connectivity index (χ0v) is 18.5. The zero-order valence-electron chi connectivity index (χ0n) is 18.5. The molecule has 0 aliphatic carbocycles. The summed E-state index contributed by atoms with van der Waals surface area (Å²) in [7, 11) is 0. The van der Waals surface area contributed by atoms with E-state index in [0.717, 1.165) is 11.1 Å². The van der Waals surface area contributed by atoms with Crippen molar-refractivity contribution in [3.8, 4) is 5.75 Å². The molecule has 0 aliphatic heterocycles. The molecule has 3 rings (SSSR count). The Morgan fingerprint density at radius 1 is 0.935 bits per heavy atom. The Morgan fingerprint density at radius 2 is 1.52 bits per heavy atom. The van der Waals surface area contributed by atoms with E-state index in [9.17, 15) is 4.79 Å². The number of benzene rings is 3. The number of carbonyl (C=O) groups excluding carboxylic acids is 1. The predicted molar refractivity (Wildman–Crippen MR) is 127 cm³/mol. The average Bonchev–Trinajstić information content (AvgIpc) is 2.78. The molecule has 1 N–H and O–H groups in total. The van der Waals surface area contributed by atoms with E-state index >= 15 is 0 Å². The molecule has 31 heavy (non-hydrogen) atoms. The van der Waals surface area contributed by atoms with Gasteiger partial charge in [-0.2, -0.15) is 0 Å². The van der Waals surface area contributed by atoms with Gasteiger partial charge in [-0.1, -0.05) is 106 Å². The number of amides is 1. The summed E-state index contributed by atoms with van der Waals surface area (Å²) in [6.07, 6.45) is 1.20. The van der Waals surface area contributed by atoms with Gasteiger partial charge in [0.05, 0.1) is 0 Å². The van der Waals surface area contributed by atoms with Gasteiger partial charge in [0.25, 0.3) is 0 Å². The number of hydrogen-bond donors (Lipinski definition) is 1. The number of carbonyl (C=O) groups is 1. The Kier molecular flexibility index (Phi) is 7.30. The van der Waals surface area contributed by atoms with Crippen molar-refractivity contribution >= 4 is 5.91 Å². The summed E-state index contributed by atoms with van der Waals surface area (Å²) in [5.74, 6) is 0.100. The van der Waals surface area contributed by atoms with Gasteiger partial charge in [-0.3, -0.25) is 4.79 Å². The van der Waals surface area contributed by atoms with Gasteiger partial charge in [-0.05, 0) is 34.2 Å². The van der Waals surface area contributed by atoms with Crippen LogP contribution in [0.4, 0.5) is 0 Å². The molecule has 0 bridgehead atoms. The van der Waals surface area contributed by atoms with Crippen LogP contribution >= 0.6 is 0 Å². The first-order valence-electron chi connectivity index (χ1n) is 10.6. The zero-order chi connectivity index (χ0) is 22.3. The van der Waals surface area contributed by atoms with E-state index in [-0.39, 0.29) is 11.3 Å². The number of para-hydroxylation sites is 1. The van der Waals surface area contributed by atoms with Crippen molar-refractivity contribution in [1.82, 2.24) is 5.32 Å². The first-order chi connectivity index (χ1) is 14.9. The van der Waals surface area contributed by atoms with Gasteiger partial charge >= 0.3 is 0 Å². The number of ether oxygens (including phenoxy) is 1. The van der Waals surface area contributed by atoms with E-state index in [2.05, 4.69) is 44.8 Å². The molecule has 0 fully saturated rings. The van der Waals surface area contributed by atoms with E-state index in [1.54, 1.807) is 6.08 Å². The van der Waals surface area contributed by atoms with Crippen molar-refractivity contribution in [2.75, 3.05) is 0 Å². The van der Waals surface area contributed by atoms with Crippen molar-refractivity contribution in [2.24, 2.45) is 0 Å². The Balaban J connectivity index is 1.88. The lowest BCUT2D eigenvalue weighted by molar-refractivity contribution is -0.124. The Morgan fingerprint density at radius 3 is 2.06 bits per heavy atom. The van der Waals surface area contributed by atoms with Crippen LogP contribution in [0.25, 0.3) is 0 Å². The van der Waals surface area contributed by atoms with Gasteiger partial charge in [0.15, 0.2) is 0 Å². The molecule has 0 aliphatic rings. The van der Waals surface area contributed by atoms with Gasteiger partial charge in [0, 0.05) is 6.54 Å². The van der Waals surface area contributed by atoms with Crippen molar-refractivity contribution in [2.45, 2.75) is 44.8 Å². The lowest BCUT2D eigenvalue weighted by atomic mass is 9.84. The van der Waals surface area contributed by atoms with Crippen LogP contribution in [0.15, 0.2) is 97.6 Å². The second kappa shape index (κ2) is 10.1. The smallest absolute Gasteiger partial charge is 0.231 e. The predicted octanol–water partition coefficient (Wildman–Crippen LogP) is 6.02. The number of nitrogens with one attached hydrogen (secondary N) is 1. The molecular formula is C28H31NO2. The van der Waals surface area contributed by atoms with E-state index < -0.39 is 12.0 Å². The number of hydrogen-bond acceptors (Lipinski definition) is 2. The first kappa shape index (κ1) is 22.4. The molecule has 0 aromatic heterocycles. The highest BCUT2D eigenvalue weighted by atomic mass is 16.5. The Hall–Kier alpha value is -3.33. The lowest BCUT2D eigenvalue weighted by Gasteiger charge is -2.26. The second-order valence-electron chi connectivity index (χ2n) is 8.68. The minimum atomic E-state index is -0.518. The molecule has 0 radical (unpaired) electrons. The van der Waals surface area contributed by atoms with Gasteiger partial charge in [0.2, 0.25) is 5.91 Å². The largest absolute Gasteiger partial charge is 0.485 e. The van der Waals surface area contributed by atoms with Crippen LogP contribution in [-0.4, -0.2) is 12.0 Å². The third-order valence-electron chi connectivity index (χ3n) is 5.30. The van der Waals surface area contributed by atoms with Crippen LogP contribution in [0.3, 0.4) is 0 Å². The molecule has 160 valence electrons. The fourth-order valence-electron chi connectivity index (χ4n) is 3.48. The molecule has 3 heteroatoms. The van der Waals surface area contributed by atoms with Crippen LogP contribution in [0, 0.1) is 0 Å². The summed E-state index contributed by atoms with van der Waals surface area (Å²) in [5, 5.41) is 3.08. The van der Waals surface area contributed by atoms with Gasteiger partial charge in [-0.15, -0.1) is 0 Å². The fraction of sp³-hybridized carbons (Fsp3) is 0.250. The molecule has 3 nitrogen and oxygen atoms in total. The summed E-state index contributed by atoms with van der Waals surface area (Å²) < 4.78 is 6.17. The highest BCUT2D eigenvalue weighted by molar-refractivity contribution is 5.84. The van der Waals surface area contributed by atoms with Gasteiger partial charge in [-0.25, -0.2) is 0 Å². The molecule has 0 spiro atoms. The lowest BCUT2D eigenvalue weighted by Crippen LogP contribution is -2.37. The summed E-state index contributed by atoms with van der Waals surface area (Å²) in [6.45, 7) is 11.0. The highest BCUT2D eigenvalue weighted by Crippen LogP contribution is 2.29. The Labute approximate surface area is 185 Å². The third kappa shape index (κ3) is 6.08. The van der Waals surface area contributed by atoms with Crippen LogP contribution in [0.2, 0.25) is 0 Å². The normalized spacial score (nSPS) is 13.1. The molecular weight excluding hydrogens is 382 g/mol. The van der Waals surface area contributed by atoms with Crippen molar-refractivity contribution in [1.29, 1.82) is 0 Å². The SMILES string of the molecule is C=C[C@@H](Oc1ccccc1)[C@@H](C(=O)NCc1ccccc1)c1ccc(C(C)(C)C)cc1. The first-order valence-corrected chi connectivity index (χ1v) is 10.6. The molecule has 1 amide bonds. The number of rotatable bonds is 8. The standard InChI is InChI=1S/C28H31NO2/c1-5-25(31-24-14-10-7-11-15-24)26(22-16-18-23(19-17-22)28(2,3)4)27(30)29-20-21-12-8-6-9-13-21/h5-19,25-26H,1,20H2,2-4H3,(H,29,30)/t25-,26+/m1/s1. The molecule has 0 unspecified atom stereocenters. The summed E-state index contributed by atoms with van der Waals surface area (Å²) >= 11 is 0. The van der Waals surface area contributed by atoms with Crippen LogP contribution in [-0.2, 0) is 16.8 Å². The minimum absolute atomic E-state index is 0.0436. The maximum atomic E-state index is 13.4. The van der Waals surface area contributed by atoms with Gasteiger partial charge in [0.1, 0.15) is 17.8 Å². The molecule has 0 saturated carbocycles. The highest BCUT2D eigenvalue weighted by Gasteiger charge is 2.30. The molecule has 3 aromatic rings. The van der Waals surface area contributed by atoms with E-state index in [1.165, 1.54) is 5.56 Å². The molecule has 0 saturated heterocycles. The Bertz CT molecular complexity index is 973. The third-order valence-corrected chi connectivity index (χ3v) is 5.30. The summed E-state index contributed by atoms with van der Waals surface area (Å²) in [5.41, 5.74) is 3.22. The van der Waals surface area contributed by atoms with Crippen molar-refractivity contribution in [3.63, 3.8) is 0 Å². The quantitative estimate of drug-likeness (QED) is 0.459. The fourth-order valence-corrected chi connectivity index (χ4v) is 3.48. The summed E-state index contributed by atoms with van der Waals surface area (Å²) in [6, 6.07) is 27.7. The van der Waals surface area contributed by atoms with Crippen molar-refractivity contribution < 1.29 is 9.53 Å². The van der Waals surface area contributed by atoms with Crippen LogP contribution in [0.1, 0.15) is 43.4 Å². The molecule has 3 aromatic carbocycles. The van der Waals surface area contributed by atoms with Gasteiger partial charge < -0.3 is 10.1 Å². The second-order valence-corrected chi connectivity index (χ2v) is 8.68. The topological polar surface area (TPSA) is 38.3 Å². The monoisotopic (exact) mass is 413 g/mol. The van der Waals surface area contributed by atoms with E-state index in [1.807, 2.05) is 72.8 Å². The summed E-state index contributed by atoms with van der Waals surface area (Å²) in [4.78, 5) is 13.4. The van der Waals surface area contributed by atoms with Crippen LogP contribution < -0.4 is 10.1 Å². The van der Waals surface area contributed by atoms with Crippen molar-refractivity contribution in [3.05, 3.63) is 114 Å². The minimum Gasteiger partial charge on any atom is -0.485 e. The van der Waals surface area contributed by atoms with E-state index in [0.29, 0.717) is 12.3 Å². The maximum Gasteiger partial charge on any atom is 0.231 e. The molecule has 2 atom stereocenters. The molecule has 0 heterocycles. The van der Waals surface area contributed by atoms with Crippen LogP contribution in [0.5, 0.6) is 5.75 Å².